The molecule has 1 aromatic carbocycles. The van der Waals surface area contributed by atoms with Gasteiger partial charge in [0.25, 0.3) is 0 Å². The van der Waals surface area contributed by atoms with Crippen molar-refractivity contribution in [1.29, 1.82) is 0 Å². The Kier molecular flexibility index (Phi) is 13.5. The van der Waals surface area contributed by atoms with Crippen LogP contribution in [0.3, 0.4) is 0 Å². The van der Waals surface area contributed by atoms with E-state index in [9.17, 15) is 40.6 Å². The van der Waals surface area contributed by atoms with E-state index >= 15 is 0 Å². The fraction of sp³-hybridized carbons (Fsp3) is 0.667. The van der Waals surface area contributed by atoms with Crippen LogP contribution in [0.15, 0.2) is 29.2 Å². The SMILES string of the molecule is CCC(CC(C)(COc1ccc(S(=O)(=O)[O-])cc1)CC(C)(CC(C)(C)C(=O)OC)CS(=O)(=O)[O-])C(=O)[O-].[Na+]. The zero-order valence-corrected chi connectivity index (χ0v) is 26.6. The third-order valence-electron chi connectivity index (χ3n) is 6.25. The number of hydrogen-bond acceptors (Lipinski definition) is 11. The van der Waals surface area contributed by atoms with E-state index in [-0.39, 0.29) is 67.6 Å². The first kappa shape index (κ1) is 36.8. The third kappa shape index (κ3) is 11.9. The average Bonchev–Trinajstić information content (AvgIpc) is 2.72. The average molecular weight is 587 g/mol. The molecule has 3 unspecified atom stereocenters. The van der Waals surface area contributed by atoms with Crippen LogP contribution in [0.4, 0.5) is 0 Å². The Balaban J connectivity index is 0.0000137. The maximum atomic E-state index is 12.3. The largest absolute Gasteiger partial charge is 1.00 e. The molecule has 0 spiro atoms. The molecule has 0 saturated carbocycles. The minimum absolute atomic E-state index is 0. The summed E-state index contributed by atoms with van der Waals surface area (Å²) in [5, 5.41) is 11.7. The van der Waals surface area contributed by atoms with Crippen LogP contribution in [-0.2, 0) is 34.6 Å². The van der Waals surface area contributed by atoms with Gasteiger partial charge in [-0.15, -0.1) is 0 Å². The molecular weight excluding hydrogens is 551 g/mol. The van der Waals surface area contributed by atoms with Crippen LogP contribution in [0.1, 0.15) is 60.3 Å². The molecule has 0 bridgehead atoms. The molecule has 0 radical (unpaired) electrons. The van der Waals surface area contributed by atoms with Crippen molar-refractivity contribution in [2.45, 2.75) is 65.2 Å². The fourth-order valence-electron chi connectivity index (χ4n) is 5.17. The standard InChI is InChI=1S/C24H38O11S2.Na/c1-7-17(20(25)26)12-23(4,15-35-18-8-10-19(11-9-18)37(31,32)33)14-24(5,16-36(28,29)30)13-22(2,3)21(27)34-6;/h8-11,17H,7,12-16H2,1-6H3,(H,25,26)(H,28,29,30)(H,31,32,33);/q;+1/p-3. The van der Waals surface area contributed by atoms with Crippen molar-refractivity contribution in [2.75, 3.05) is 19.5 Å². The van der Waals surface area contributed by atoms with Gasteiger partial charge in [0.1, 0.15) is 15.9 Å². The van der Waals surface area contributed by atoms with Crippen molar-refractivity contribution in [3.8, 4) is 5.75 Å². The third-order valence-corrected chi connectivity index (χ3v) is 8.15. The number of carboxylic acids is 1. The molecule has 1 rings (SSSR count). The van der Waals surface area contributed by atoms with Crippen LogP contribution < -0.4 is 39.4 Å². The number of carboxylic acid groups (broad SMARTS) is 1. The van der Waals surface area contributed by atoms with Crippen molar-refractivity contribution in [3.63, 3.8) is 0 Å². The Morgan fingerprint density at radius 2 is 1.47 bits per heavy atom. The Labute approximate surface area is 247 Å². The van der Waals surface area contributed by atoms with Crippen LogP contribution in [0.25, 0.3) is 0 Å². The van der Waals surface area contributed by atoms with E-state index in [0.717, 1.165) is 12.1 Å². The predicted molar refractivity (Wildman–Crippen MR) is 129 cm³/mol. The predicted octanol–water partition coefficient (Wildman–Crippen LogP) is -1.32. The number of methoxy groups -OCH3 is 1. The van der Waals surface area contributed by atoms with Gasteiger partial charge in [0, 0.05) is 17.1 Å². The van der Waals surface area contributed by atoms with Crippen molar-refractivity contribution in [2.24, 2.45) is 22.2 Å². The molecule has 0 aliphatic heterocycles. The minimum Gasteiger partial charge on any atom is -0.748 e. The van der Waals surface area contributed by atoms with E-state index in [4.69, 9.17) is 9.47 Å². The summed E-state index contributed by atoms with van der Waals surface area (Å²) in [4.78, 5) is 23.6. The monoisotopic (exact) mass is 586 g/mol. The number of hydrogen-bond donors (Lipinski definition) is 0. The van der Waals surface area contributed by atoms with Gasteiger partial charge in [0.05, 0.1) is 34.1 Å². The molecule has 212 valence electrons. The van der Waals surface area contributed by atoms with E-state index in [2.05, 4.69) is 0 Å². The summed E-state index contributed by atoms with van der Waals surface area (Å²) in [5.41, 5.74) is -3.47. The number of carbonyl (C=O) groups is 2. The van der Waals surface area contributed by atoms with E-state index < -0.39 is 65.0 Å². The summed E-state index contributed by atoms with van der Waals surface area (Å²) >= 11 is 0. The molecule has 0 amide bonds. The second-order valence-corrected chi connectivity index (χ2v) is 13.7. The van der Waals surface area contributed by atoms with Gasteiger partial charge in [-0.05, 0) is 75.1 Å². The molecule has 0 saturated heterocycles. The van der Waals surface area contributed by atoms with Crippen LogP contribution in [0.5, 0.6) is 5.75 Å². The van der Waals surface area contributed by atoms with Crippen molar-refractivity contribution in [3.05, 3.63) is 24.3 Å². The van der Waals surface area contributed by atoms with Crippen molar-refractivity contribution < 1.29 is 79.7 Å². The number of ether oxygens (including phenoxy) is 2. The zero-order valence-electron chi connectivity index (χ0n) is 22.9. The van der Waals surface area contributed by atoms with E-state index in [1.165, 1.54) is 19.2 Å². The second kappa shape index (κ2) is 13.9. The number of benzene rings is 1. The molecule has 0 aliphatic carbocycles. The molecule has 1 aromatic rings. The molecule has 0 N–H and O–H groups in total. The maximum Gasteiger partial charge on any atom is 1.00 e. The number of esters is 1. The smallest absolute Gasteiger partial charge is 0.748 e. The summed E-state index contributed by atoms with van der Waals surface area (Å²) in [7, 11) is -8.22. The zero-order chi connectivity index (χ0) is 28.9. The summed E-state index contributed by atoms with van der Waals surface area (Å²) in [6.45, 7) is 7.85. The first-order chi connectivity index (χ1) is 16.7. The fourth-order valence-corrected chi connectivity index (χ4v) is 6.70. The van der Waals surface area contributed by atoms with Gasteiger partial charge in [-0.25, -0.2) is 16.8 Å². The Hall–Kier alpha value is -1.22. The van der Waals surface area contributed by atoms with E-state index in [1.54, 1.807) is 34.6 Å². The van der Waals surface area contributed by atoms with Gasteiger partial charge in [-0.1, -0.05) is 20.8 Å². The van der Waals surface area contributed by atoms with Gasteiger partial charge < -0.3 is 28.5 Å². The first-order valence-corrected chi connectivity index (χ1v) is 14.6. The Morgan fingerprint density at radius 3 is 1.87 bits per heavy atom. The Morgan fingerprint density at radius 1 is 0.947 bits per heavy atom. The number of aliphatic carboxylic acids is 1. The van der Waals surface area contributed by atoms with Crippen molar-refractivity contribution >= 4 is 32.2 Å². The molecule has 14 heteroatoms. The van der Waals surface area contributed by atoms with Crippen molar-refractivity contribution in [1.82, 2.24) is 0 Å². The second-order valence-electron chi connectivity index (χ2n) is 10.9. The van der Waals surface area contributed by atoms with Gasteiger partial charge in [-0.2, -0.15) is 0 Å². The maximum absolute atomic E-state index is 12.3. The van der Waals surface area contributed by atoms with Gasteiger partial charge in [0.2, 0.25) is 0 Å². The molecule has 38 heavy (non-hydrogen) atoms. The molecule has 0 heterocycles. The quantitative estimate of drug-likeness (QED) is 0.135. The summed E-state index contributed by atoms with van der Waals surface area (Å²) in [5.74, 6) is -3.44. The molecule has 0 aliphatic rings. The van der Waals surface area contributed by atoms with Crippen LogP contribution in [0, 0.1) is 22.2 Å². The van der Waals surface area contributed by atoms with E-state index in [1.807, 2.05) is 0 Å². The summed E-state index contributed by atoms with van der Waals surface area (Å²) in [6.07, 6.45) is 0.158. The number of carbonyl (C=O) groups excluding carboxylic acids is 2. The summed E-state index contributed by atoms with van der Waals surface area (Å²) in [6, 6.07) is 4.67. The topological polar surface area (TPSA) is 190 Å². The molecule has 3 atom stereocenters. The molecular formula is C24H35NaO11S2-2. The normalized spacial score (nSPS) is 16.3. The molecule has 11 nitrogen and oxygen atoms in total. The summed E-state index contributed by atoms with van der Waals surface area (Å²) < 4.78 is 79.7. The van der Waals surface area contributed by atoms with Crippen LogP contribution >= 0.6 is 0 Å². The molecule has 0 fully saturated rings. The Bertz CT molecular complexity index is 1160. The minimum atomic E-state index is -4.75. The first-order valence-electron chi connectivity index (χ1n) is 11.6. The van der Waals surface area contributed by atoms with Gasteiger partial charge in [0.15, 0.2) is 0 Å². The van der Waals surface area contributed by atoms with Crippen LogP contribution in [-0.4, -0.2) is 57.3 Å². The number of rotatable bonds is 15. The van der Waals surface area contributed by atoms with Crippen LogP contribution in [0.2, 0.25) is 0 Å². The van der Waals surface area contributed by atoms with E-state index in [0.29, 0.717) is 0 Å². The van der Waals surface area contributed by atoms with Gasteiger partial charge in [-0.3, -0.25) is 4.79 Å². The van der Waals surface area contributed by atoms with Gasteiger partial charge >= 0.3 is 35.5 Å². The molecule has 0 aromatic heterocycles.